The van der Waals surface area contributed by atoms with E-state index in [2.05, 4.69) is 103 Å². The minimum Gasteiger partial charge on any atom is -0.455 e. The van der Waals surface area contributed by atoms with Crippen LogP contribution < -0.4 is 0 Å². The maximum atomic E-state index is 12.6. The summed E-state index contributed by atoms with van der Waals surface area (Å²) in [5.74, 6) is -1.50. The predicted molar refractivity (Wildman–Crippen MR) is 182 cm³/mol. The Hall–Kier alpha value is -5.80. The van der Waals surface area contributed by atoms with Gasteiger partial charge in [-0.05, 0) is 90.5 Å². The largest absolute Gasteiger partial charge is 0.455 e. The van der Waals surface area contributed by atoms with Crippen molar-refractivity contribution in [1.29, 1.82) is 0 Å². The Morgan fingerprint density at radius 2 is 1.13 bits per heavy atom. The number of hydrogen-bond donors (Lipinski definition) is 0. The van der Waals surface area contributed by atoms with E-state index in [4.69, 9.17) is 4.42 Å². The fraction of sp³-hybridized carbons (Fsp3) is 0.0476. The van der Waals surface area contributed by atoms with Crippen molar-refractivity contribution >= 4 is 71.4 Å². The summed E-state index contributed by atoms with van der Waals surface area (Å²) in [4.78, 5) is 24.9. The normalized spacial score (nSPS) is 17.9. The van der Waals surface area contributed by atoms with Crippen molar-refractivity contribution in [2.75, 3.05) is 0 Å². The van der Waals surface area contributed by atoms with Crippen LogP contribution in [-0.4, -0.2) is 11.6 Å². The van der Waals surface area contributed by atoms with Crippen LogP contribution in [0.5, 0.6) is 0 Å². The van der Waals surface area contributed by atoms with Crippen LogP contribution in [0.15, 0.2) is 138 Å². The molecule has 2 atom stereocenters. The molecule has 7 aromatic carbocycles. The third-order valence-electron chi connectivity index (χ3n) is 9.83. The minimum absolute atomic E-state index is 0.294. The summed E-state index contributed by atoms with van der Waals surface area (Å²) in [6.07, 6.45) is 5.71. The molecule has 0 fully saturated rings. The third-order valence-corrected chi connectivity index (χ3v) is 9.83. The zero-order chi connectivity index (χ0) is 29.8. The lowest BCUT2D eigenvalue weighted by Gasteiger charge is -2.28. The topological polar surface area (TPSA) is 47.3 Å². The molecule has 0 saturated heterocycles. The van der Waals surface area contributed by atoms with Gasteiger partial charge in [-0.25, -0.2) is 0 Å². The molecule has 8 aromatic rings. The van der Waals surface area contributed by atoms with Crippen LogP contribution in [0.1, 0.15) is 5.56 Å². The first-order valence-electron chi connectivity index (χ1n) is 15.3. The lowest BCUT2D eigenvalue weighted by Crippen LogP contribution is -2.36. The number of furan rings is 1. The molecule has 3 aliphatic rings. The fourth-order valence-corrected chi connectivity index (χ4v) is 7.66. The SMILES string of the molecule is O=C1C(=O)C2C=CC1C=C2c1cc2ccc3cc(-c4ccc(-c5cccc6c5oc5ccccc56)cc4)cc4ccc(c1)c2c34. The number of allylic oxidation sites excluding steroid dienone is 4. The summed E-state index contributed by atoms with van der Waals surface area (Å²) in [5.41, 5.74) is 8.34. The average Bonchev–Trinajstić information content (AvgIpc) is 3.48. The molecule has 0 spiro atoms. The van der Waals surface area contributed by atoms with E-state index in [-0.39, 0.29) is 11.6 Å². The zero-order valence-corrected chi connectivity index (χ0v) is 24.1. The van der Waals surface area contributed by atoms with Crippen molar-refractivity contribution in [3.63, 3.8) is 0 Å². The first-order chi connectivity index (χ1) is 22.1. The monoisotopic (exact) mass is 576 g/mol. The lowest BCUT2D eigenvalue weighted by atomic mass is 9.72. The second-order valence-corrected chi connectivity index (χ2v) is 12.3. The van der Waals surface area contributed by atoms with Gasteiger partial charge < -0.3 is 4.42 Å². The van der Waals surface area contributed by atoms with Crippen LogP contribution in [0.25, 0.3) is 82.1 Å². The van der Waals surface area contributed by atoms with E-state index in [1.807, 2.05) is 30.4 Å². The molecule has 2 bridgehead atoms. The van der Waals surface area contributed by atoms with Crippen molar-refractivity contribution in [3.8, 4) is 22.3 Å². The van der Waals surface area contributed by atoms with Gasteiger partial charge in [-0.15, -0.1) is 0 Å². The number of hydrogen-bond acceptors (Lipinski definition) is 3. The van der Waals surface area contributed by atoms with Gasteiger partial charge in [0.15, 0.2) is 0 Å². The van der Waals surface area contributed by atoms with Gasteiger partial charge in [0.25, 0.3) is 0 Å². The Morgan fingerprint density at radius 3 is 1.82 bits per heavy atom. The van der Waals surface area contributed by atoms with E-state index in [1.54, 1.807) is 0 Å². The lowest BCUT2D eigenvalue weighted by molar-refractivity contribution is -0.139. The molecule has 1 aromatic heterocycles. The number of benzene rings is 7. The predicted octanol–water partition coefficient (Wildman–Crippen LogP) is 10.2. The van der Waals surface area contributed by atoms with Crippen molar-refractivity contribution in [1.82, 2.24) is 0 Å². The van der Waals surface area contributed by atoms with Crippen molar-refractivity contribution < 1.29 is 14.0 Å². The molecule has 0 radical (unpaired) electrons. The second-order valence-electron chi connectivity index (χ2n) is 12.3. The van der Waals surface area contributed by atoms with E-state index in [9.17, 15) is 9.59 Å². The van der Waals surface area contributed by atoms with Crippen LogP contribution in [0.2, 0.25) is 0 Å². The van der Waals surface area contributed by atoms with Gasteiger partial charge in [0.2, 0.25) is 11.6 Å². The molecule has 0 amide bonds. The molecule has 210 valence electrons. The summed E-state index contributed by atoms with van der Waals surface area (Å²) in [6.45, 7) is 0. The Labute approximate surface area is 258 Å². The quantitative estimate of drug-likeness (QED) is 0.119. The van der Waals surface area contributed by atoms with Crippen LogP contribution in [-0.2, 0) is 9.59 Å². The molecule has 0 saturated carbocycles. The molecule has 45 heavy (non-hydrogen) atoms. The van der Waals surface area contributed by atoms with E-state index >= 15 is 0 Å². The highest BCUT2D eigenvalue weighted by atomic mass is 16.3. The molecule has 3 aliphatic carbocycles. The van der Waals surface area contributed by atoms with Crippen molar-refractivity contribution in [2.24, 2.45) is 11.8 Å². The molecule has 11 rings (SSSR count). The van der Waals surface area contributed by atoms with E-state index in [1.165, 1.54) is 27.1 Å². The van der Waals surface area contributed by atoms with Crippen LogP contribution in [0.3, 0.4) is 0 Å². The number of carbonyl (C=O) groups excluding carboxylic acids is 2. The van der Waals surface area contributed by atoms with E-state index < -0.39 is 11.8 Å². The molecule has 3 nitrogen and oxygen atoms in total. The Balaban J connectivity index is 1.05. The Kier molecular flexibility index (Phi) is 4.85. The van der Waals surface area contributed by atoms with Gasteiger partial charge in [0, 0.05) is 16.3 Å². The summed E-state index contributed by atoms with van der Waals surface area (Å²) in [5, 5.41) is 9.43. The highest BCUT2D eigenvalue weighted by Gasteiger charge is 2.39. The van der Waals surface area contributed by atoms with Gasteiger partial charge in [0.1, 0.15) is 11.2 Å². The zero-order valence-electron chi connectivity index (χ0n) is 24.1. The number of Topliss-reactive ketones (excluding diaryl/α,β-unsaturated/α-hetero) is 2. The first-order valence-corrected chi connectivity index (χ1v) is 15.3. The van der Waals surface area contributed by atoms with Gasteiger partial charge in [-0.2, -0.15) is 0 Å². The van der Waals surface area contributed by atoms with Gasteiger partial charge in [-0.1, -0.05) is 103 Å². The third kappa shape index (κ3) is 3.46. The van der Waals surface area contributed by atoms with E-state index in [0.29, 0.717) is 0 Å². The highest BCUT2D eigenvalue weighted by Crippen LogP contribution is 2.43. The Bertz CT molecular complexity index is 2560. The molecule has 1 heterocycles. The molecular weight excluding hydrogens is 552 g/mol. The fourth-order valence-electron chi connectivity index (χ4n) is 7.66. The highest BCUT2D eigenvalue weighted by molar-refractivity contribution is 6.44. The Morgan fingerprint density at radius 1 is 0.511 bits per heavy atom. The number of carbonyl (C=O) groups is 2. The standard InChI is InChI=1S/C42H24O3/c43-40-29-16-17-34(41(40)44)36(22-29)31-20-27-14-12-25-18-30(19-26-13-15-28(21-31)39(27)38(25)26)23-8-10-24(11-9-23)32-5-3-6-35-33-4-1-2-7-37(33)45-42(32)35/h1-22,29,34H. The van der Waals surface area contributed by atoms with Gasteiger partial charge >= 0.3 is 0 Å². The molecular formula is C42H24O3. The average molecular weight is 577 g/mol. The maximum absolute atomic E-state index is 12.6. The summed E-state index contributed by atoms with van der Waals surface area (Å²) >= 11 is 0. The number of para-hydroxylation sites is 2. The maximum Gasteiger partial charge on any atom is 0.210 e. The van der Waals surface area contributed by atoms with Crippen LogP contribution in [0, 0.1) is 11.8 Å². The number of ketones is 2. The van der Waals surface area contributed by atoms with E-state index in [0.717, 1.165) is 60.5 Å². The molecule has 3 heteroatoms. The summed E-state index contributed by atoms with van der Waals surface area (Å²) in [7, 11) is 0. The van der Waals surface area contributed by atoms with Gasteiger partial charge in [0.05, 0.1) is 11.8 Å². The minimum atomic E-state index is -0.476. The smallest absolute Gasteiger partial charge is 0.210 e. The summed E-state index contributed by atoms with van der Waals surface area (Å²) < 4.78 is 6.29. The molecule has 0 aliphatic heterocycles. The molecule has 0 N–H and O–H groups in total. The van der Waals surface area contributed by atoms with Crippen LogP contribution in [0.4, 0.5) is 0 Å². The summed E-state index contributed by atoms with van der Waals surface area (Å²) in [6, 6.07) is 41.0. The number of rotatable bonds is 3. The van der Waals surface area contributed by atoms with Crippen molar-refractivity contribution in [3.05, 3.63) is 139 Å². The van der Waals surface area contributed by atoms with Crippen molar-refractivity contribution in [2.45, 2.75) is 0 Å². The van der Waals surface area contributed by atoms with Gasteiger partial charge in [-0.3, -0.25) is 9.59 Å². The number of fused-ring (bicyclic) bond motifs is 4. The van der Waals surface area contributed by atoms with Crippen LogP contribution >= 0.6 is 0 Å². The first kappa shape index (κ1) is 24.6. The molecule has 2 unspecified atom stereocenters. The second kappa shape index (κ2) is 8.87.